The third kappa shape index (κ3) is 2.54. The summed E-state index contributed by atoms with van der Waals surface area (Å²) in [7, 11) is 0. The van der Waals surface area contributed by atoms with Crippen LogP contribution in [0.25, 0.3) is 11.1 Å². The van der Waals surface area contributed by atoms with Crippen molar-refractivity contribution in [3.05, 3.63) is 59.8 Å². The Morgan fingerprint density at radius 3 is 2.71 bits per heavy atom. The lowest BCUT2D eigenvalue weighted by Crippen LogP contribution is -2.26. The van der Waals surface area contributed by atoms with Crippen LogP contribution < -0.4 is 4.90 Å². The fraction of sp³-hybridized carbons (Fsp3) is 0.176. The van der Waals surface area contributed by atoms with Gasteiger partial charge in [-0.25, -0.2) is 4.39 Å². The number of amides is 1. The number of carbonyl (C=O) groups is 1. The van der Waals surface area contributed by atoms with Crippen molar-refractivity contribution in [3.63, 3.8) is 0 Å². The highest BCUT2D eigenvalue weighted by Crippen LogP contribution is 2.32. The lowest BCUT2D eigenvalue weighted by Gasteiger charge is -2.15. The maximum atomic E-state index is 13.1. The minimum atomic E-state index is -0.295. The van der Waals surface area contributed by atoms with Crippen LogP contribution in [0.3, 0.4) is 0 Å². The van der Waals surface area contributed by atoms with Crippen LogP contribution in [-0.2, 0) is 17.8 Å². The molecule has 0 unspecified atom stereocenters. The van der Waals surface area contributed by atoms with Gasteiger partial charge < -0.3 is 9.32 Å². The highest BCUT2D eigenvalue weighted by Gasteiger charge is 2.30. The zero-order valence-electron chi connectivity index (χ0n) is 12.9. The molecule has 0 aliphatic carbocycles. The van der Waals surface area contributed by atoms with Crippen molar-refractivity contribution in [2.24, 2.45) is 0 Å². The lowest BCUT2D eigenvalue weighted by atomic mass is 10.1. The summed E-state index contributed by atoms with van der Waals surface area (Å²) in [6.45, 7) is 1.91. The molecule has 24 heavy (non-hydrogen) atoms. The zero-order chi connectivity index (χ0) is 16.7. The molecule has 0 saturated carbocycles. The van der Waals surface area contributed by atoms with Gasteiger partial charge in [-0.05, 0) is 23.8 Å². The Balaban J connectivity index is 1.69. The highest BCUT2D eigenvalue weighted by molar-refractivity contribution is 6.01. The molecule has 1 aromatic carbocycles. The number of aryl methyl sites for hydroxylation is 1. The van der Waals surface area contributed by atoms with Gasteiger partial charge in [-0.3, -0.25) is 9.78 Å². The van der Waals surface area contributed by atoms with Crippen LogP contribution in [0, 0.1) is 12.7 Å². The van der Waals surface area contributed by atoms with Crippen LogP contribution in [0.4, 0.5) is 10.1 Å². The number of pyridine rings is 1. The molecular formula is C17H13FN4O2. The molecule has 0 spiro atoms. The molecule has 1 amide bonds. The van der Waals surface area contributed by atoms with Crippen molar-refractivity contribution in [2.45, 2.75) is 19.9 Å². The van der Waals surface area contributed by atoms with Gasteiger partial charge in [0.05, 0.1) is 17.8 Å². The Kier molecular flexibility index (Phi) is 3.34. The average molecular weight is 324 g/mol. The smallest absolute Gasteiger partial charge is 0.236 e. The second-order valence-electron chi connectivity index (χ2n) is 5.57. The number of carbonyl (C=O) groups excluding carboxylic acids is 1. The number of fused-ring (bicyclic) bond motifs is 1. The number of hydrogen-bond acceptors (Lipinski definition) is 5. The second-order valence-corrected chi connectivity index (χ2v) is 5.57. The van der Waals surface area contributed by atoms with E-state index in [1.165, 1.54) is 12.1 Å². The van der Waals surface area contributed by atoms with Gasteiger partial charge in [-0.1, -0.05) is 12.1 Å². The maximum Gasteiger partial charge on any atom is 0.236 e. The first-order valence-electron chi connectivity index (χ1n) is 7.44. The van der Waals surface area contributed by atoms with Crippen LogP contribution in [0.1, 0.15) is 17.5 Å². The molecule has 4 rings (SSSR count). The highest BCUT2D eigenvalue weighted by atomic mass is 19.1. The van der Waals surface area contributed by atoms with Crippen molar-refractivity contribution < 1.29 is 13.6 Å². The van der Waals surface area contributed by atoms with E-state index in [9.17, 15) is 9.18 Å². The third-order valence-corrected chi connectivity index (χ3v) is 3.90. The number of anilines is 1. The predicted molar refractivity (Wildman–Crippen MR) is 83.6 cm³/mol. The maximum absolute atomic E-state index is 13.1. The summed E-state index contributed by atoms with van der Waals surface area (Å²) < 4.78 is 18.4. The molecular weight excluding hydrogens is 311 g/mol. The van der Waals surface area contributed by atoms with Crippen LogP contribution in [0.5, 0.6) is 0 Å². The first-order chi connectivity index (χ1) is 11.6. The summed E-state index contributed by atoms with van der Waals surface area (Å²) in [5.41, 5.74) is 3.08. The van der Waals surface area contributed by atoms with E-state index in [0.717, 1.165) is 16.8 Å². The number of benzene rings is 1. The van der Waals surface area contributed by atoms with Gasteiger partial charge in [-0.2, -0.15) is 0 Å². The first-order valence-corrected chi connectivity index (χ1v) is 7.44. The van der Waals surface area contributed by atoms with Crippen molar-refractivity contribution in [1.82, 2.24) is 15.2 Å². The van der Waals surface area contributed by atoms with Crippen LogP contribution >= 0.6 is 0 Å². The SMILES string of the molecule is Cc1nnc(CN2C(=O)Cc3ncc(-c4ccc(F)cc4)cc32)o1. The number of halogens is 1. The second kappa shape index (κ2) is 5.52. The Morgan fingerprint density at radius 2 is 2.00 bits per heavy atom. The average Bonchev–Trinajstić information content (AvgIpc) is 3.12. The molecule has 0 saturated heterocycles. The molecule has 3 heterocycles. The van der Waals surface area contributed by atoms with Gasteiger partial charge >= 0.3 is 0 Å². The van der Waals surface area contributed by atoms with Gasteiger partial charge in [0.25, 0.3) is 0 Å². The Morgan fingerprint density at radius 1 is 1.21 bits per heavy atom. The molecule has 6 nitrogen and oxygen atoms in total. The van der Waals surface area contributed by atoms with E-state index in [1.54, 1.807) is 30.2 Å². The minimum absolute atomic E-state index is 0.0652. The molecule has 120 valence electrons. The molecule has 1 aliphatic rings. The number of aromatic nitrogens is 3. The van der Waals surface area contributed by atoms with Crippen LogP contribution in [0.2, 0.25) is 0 Å². The molecule has 2 aromatic heterocycles. The van der Waals surface area contributed by atoms with E-state index >= 15 is 0 Å². The molecule has 0 fully saturated rings. The van der Waals surface area contributed by atoms with E-state index in [2.05, 4.69) is 15.2 Å². The Hall–Kier alpha value is -3.09. The predicted octanol–water partition coefficient (Wildman–Crippen LogP) is 2.67. The quantitative estimate of drug-likeness (QED) is 0.740. The van der Waals surface area contributed by atoms with Crippen LogP contribution in [0.15, 0.2) is 40.9 Å². The van der Waals surface area contributed by atoms with E-state index in [0.29, 0.717) is 17.5 Å². The Labute approximate surface area is 137 Å². The van der Waals surface area contributed by atoms with Crippen LogP contribution in [-0.4, -0.2) is 21.1 Å². The Bertz CT molecular complexity index is 921. The van der Waals surface area contributed by atoms with E-state index in [1.807, 2.05) is 6.07 Å². The van der Waals surface area contributed by atoms with Crippen molar-refractivity contribution in [2.75, 3.05) is 4.90 Å². The van der Waals surface area contributed by atoms with E-state index in [4.69, 9.17) is 4.42 Å². The molecule has 0 atom stereocenters. The zero-order valence-corrected chi connectivity index (χ0v) is 12.9. The van der Waals surface area contributed by atoms with Gasteiger partial charge in [0.1, 0.15) is 12.4 Å². The summed E-state index contributed by atoms with van der Waals surface area (Å²) in [6, 6.07) is 8.03. The number of nitrogens with zero attached hydrogens (tertiary/aromatic N) is 4. The molecule has 1 aliphatic heterocycles. The normalized spacial score (nSPS) is 13.4. The summed E-state index contributed by atoms with van der Waals surface area (Å²) in [4.78, 5) is 18.2. The molecule has 3 aromatic rings. The lowest BCUT2D eigenvalue weighted by molar-refractivity contribution is -0.117. The number of rotatable bonds is 3. The molecule has 0 N–H and O–H groups in total. The summed E-state index contributed by atoms with van der Waals surface area (Å²) in [6.07, 6.45) is 1.94. The summed E-state index contributed by atoms with van der Waals surface area (Å²) in [5.74, 6) is 0.469. The topological polar surface area (TPSA) is 72.1 Å². The van der Waals surface area contributed by atoms with Gasteiger partial charge in [0.15, 0.2) is 0 Å². The fourth-order valence-electron chi connectivity index (χ4n) is 2.73. The van der Waals surface area contributed by atoms with Crippen molar-refractivity contribution in [3.8, 4) is 11.1 Å². The number of hydrogen-bond donors (Lipinski definition) is 0. The third-order valence-electron chi connectivity index (χ3n) is 3.90. The minimum Gasteiger partial charge on any atom is -0.424 e. The van der Waals surface area contributed by atoms with Gasteiger partial charge in [0, 0.05) is 18.7 Å². The van der Waals surface area contributed by atoms with Gasteiger partial charge in [-0.15, -0.1) is 10.2 Å². The standard InChI is InChI=1S/C17H13FN4O2/c1-10-20-21-16(24-10)9-22-15-6-12(8-19-14(15)7-17(22)23)11-2-4-13(18)5-3-11/h2-6,8H,7,9H2,1H3. The van der Waals surface area contributed by atoms with Crippen molar-refractivity contribution >= 4 is 11.6 Å². The van der Waals surface area contributed by atoms with Gasteiger partial charge in [0.2, 0.25) is 17.7 Å². The molecule has 7 heteroatoms. The largest absolute Gasteiger partial charge is 0.424 e. The summed E-state index contributed by atoms with van der Waals surface area (Å²) in [5, 5.41) is 7.71. The van der Waals surface area contributed by atoms with E-state index in [-0.39, 0.29) is 24.7 Å². The van der Waals surface area contributed by atoms with E-state index < -0.39 is 0 Å². The summed E-state index contributed by atoms with van der Waals surface area (Å²) >= 11 is 0. The first kappa shape index (κ1) is 14.5. The fourth-order valence-corrected chi connectivity index (χ4v) is 2.73. The monoisotopic (exact) mass is 324 g/mol. The van der Waals surface area contributed by atoms with Crippen molar-refractivity contribution in [1.29, 1.82) is 0 Å². The molecule has 0 radical (unpaired) electrons. The molecule has 0 bridgehead atoms.